The van der Waals surface area contributed by atoms with Crippen molar-refractivity contribution in [1.82, 2.24) is 0 Å². The number of carbonyl (C=O) groups is 2. The Labute approximate surface area is 92.5 Å². The molecule has 1 rings (SSSR count). The summed E-state index contributed by atoms with van der Waals surface area (Å²) in [6.07, 6.45) is 2.43. The van der Waals surface area contributed by atoms with E-state index < -0.39 is 17.6 Å². The molecular formula is C12H11FO3. The van der Waals surface area contributed by atoms with Gasteiger partial charge >= 0.3 is 5.97 Å². The SMILES string of the molecule is CCOC(=O)C(=O)/C=C/c1cccc(F)c1. The van der Waals surface area contributed by atoms with Gasteiger partial charge < -0.3 is 4.74 Å². The van der Waals surface area contributed by atoms with Crippen LogP contribution in [0, 0.1) is 5.82 Å². The molecule has 3 nitrogen and oxygen atoms in total. The van der Waals surface area contributed by atoms with E-state index in [4.69, 9.17) is 0 Å². The summed E-state index contributed by atoms with van der Waals surface area (Å²) >= 11 is 0. The summed E-state index contributed by atoms with van der Waals surface area (Å²) in [5.41, 5.74) is 0.512. The Balaban J connectivity index is 2.67. The molecule has 0 unspecified atom stereocenters. The van der Waals surface area contributed by atoms with Crippen molar-refractivity contribution in [1.29, 1.82) is 0 Å². The van der Waals surface area contributed by atoms with Gasteiger partial charge in [-0.2, -0.15) is 0 Å². The molecule has 4 heteroatoms. The molecule has 0 atom stereocenters. The number of ketones is 1. The van der Waals surface area contributed by atoms with Crippen LogP contribution in [0.25, 0.3) is 6.08 Å². The highest BCUT2D eigenvalue weighted by Crippen LogP contribution is 2.05. The number of benzene rings is 1. The Morgan fingerprint density at radius 1 is 1.44 bits per heavy atom. The van der Waals surface area contributed by atoms with Gasteiger partial charge in [0.2, 0.25) is 0 Å². The number of hydrogen-bond donors (Lipinski definition) is 0. The van der Waals surface area contributed by atoms with Crippen molar-refractivity contribution in [3.8, 4) is 0 Å². The molecule has 0 saturated heterocycles. The number of halogens is 1. The molecule has 16 heavy (non-hydrogen) atoms. The van der Waals surface area contributed by atoms with Gasteiger partial charge in [-0.3, -0.25) is 4.79 Å². The Morgan fingerprint density at radius 3 is 2.81 bits per heavy atom. The second-order valence-corrected chi connectivity index (χ2v) is 2.97. The maximum atomic E-state index is 12.8. The second kappa shape index (κ2) is 5.80. The zero-order valence-electron chi connectivity index (χ0n) is 8.77. The topological polar surface area (TPSA) is 43.4 Å². The first kappa shape index (κ1) is 12.1. The number of ether oxygens (including phenoxy) is 1. The third kappa shape index (κ3) is 3.65. The zero-order chi connectivity index (χ0) is 12.0. The largest absolute Gasteiger partial charge is 0.460 e. The van der Waals surface area contributed by atoms with Crippen molar-refractivity contribution >= 4 is 17.8 Å². The van der Waals surface area contributed by atoms with Crippen LogP contribution in [-0.2, 0) is 14.3 Å². The van der Waals surface area contributed by atoms with Crippen molar-refractivity contribution in [2.24, 2.45) is 0 Å². The summed E-state index contributed by atoms with van der Waals surface area (Å²) in [5.74, 6) is -2.06. The minimum absolute atomic E-state index is 0.151. The van der Waals surface area contributed by atoms with Crippen LogP contribution >= 0.6 is 0 Å². The predicted molar refractivity (Wildman–Crippen MR) is 57.1 cm³/mol. The average molecular weight is 222 g/mol. The van der Waals surface area contributed by atoms with Gasteiger partial charge in [0, 0.05) is 0 Å². The molecular weight excluding hydrogens is 211 g/mol. The molecule has 0 saturated carbocycles. The Hall–Kier alpha value is -1.97. The second-order valence-electron chi connectivity index (χ2n) is 2.97. The first-order valence-corrected chi connectivity index (χ1v) is 4.78. The van der Waals surface area contributed by atoms with Gasteiger partial charge in [0.25, 0.3) is 5.78 Å². The Kier molecular flexibility index (Phi) is 4.39. The highest BCUT2D eigenvalue weighted by molar-refractivity contribution is 6.39. The molecule has 0 spiro atoms. The molecule has 0 aliphatic carbocycles. The normalized spacial score (nSPS) is 10.4. The molecule has 1 aromatic carbocycles. The standard InChI is InChI=1S/C12H11FO3/c1-2-16-12(15)11(14)7-6-9-4-3-5-10(13)8-9/h3-8H,2H2,1H3/b7-6+. The lowest BCUT2D eigenvalue weighted by molar-refractivity contribution is -0.151. The van der Waals surface area contributed by atoms with Crippen LogP contribution in [0.5, 0.6) is 0 Å². The van der Waals surface area contributed by atoms with E-state index in [-0.39, 0.29) is 6.61 Å². The minimum atomic E-state index is -0.907. The lowest BCUT2D eigenvalue weighted by atomic mass is 10.2. The minimum Gasteiger partial charge on any atom is -0.460 e. The molecule has 0 aliphatic rings. The maximum Gasteiger partial charge on any atom is 0.379 e. The molecule has 0 aliphatic heterocycles. The zero-order valence-corrected chi connectivity index (χ0v) is 8.77. The van der Waals surface area contributed by atoms with Crippen LogP contribution in [-0.4, -0.2) is 18.4 Å². The molecule has 1 aromatic rings. The maximum absolute atomic E-state index is 12.8. The summed E-state index contributed by atoms with van der Waals surface area (Å²) in [5, 5.41) is 0. The third-order valence-electron chi connectivity index (χ3n) is 1.75. The smallest absolute Gasteiger partial charge is 0.379 e. The van der Waals surface area contributed by atoms with Gasteiger partial charge in [0.05, 0.1) is 6.61 Å². The van der Waals surface area contributed by atoms with Crippen molar-refractivity contribution in [2.45, 2.75) is 6.92 Å². The van der Waals surface area contributed by atoms with E-state index in [0.29, 0.717) is 5.56 Å². The van der Waals surface area contributed by atoms with Crippen LogP contribution < -0.4 is 0 Å². The Bertz CT molecular complexity index is 424. The molecule has 0 N–H and O–H groups in total. The summed E-state index contributed by atoms with van der Waals surface area (Å²) in [4.78, 5) is 22.1. The number of esters is 1. The summed E-state index contributed by atoms with van der Waals surface area (Å²) in [6.45, 7) is 1.76. The first-order chi connectivity index (χ1) is 7.63. The summed E-state index contributed by atoms with van der Waals surface area (Å²) < 4.78 is 17.3. The highest BCUT2D eigenvalue weighted by Gasteiger charge is 2.09. The summed E-state index contributed by atoms with van der Waals surface area (Å²) in [6, 6.07) is 5.70. The van der Waals surface area contributed by atoms with E-state index in [1.165, 1.54) is 24.3 Å². The van der Waals surface area contributed by atoms with E-state index in [9.17, 15) is 14.0 Å². The van der Waals surface area contributed by atoms with Crippen LogP contribution in [0.3, 0.4) is 0 Å². The first-order valence-electron chi connectivity index (χ1n) is 4.78. The summed E-state index contributed by atoms with van der Waals surface area (Å²) in [7, 11) is 0. The molecule has 0 amide bonds. The number of carbonyl (C=O) groups excluding carboxylic acids is 2. The fourth-order valence-corrected chi connectivity index (χ4v) is 1.05. The van der Waals surface area contributed by atoms with Crippen LogP contribution in [0.2, 0.25) is 0 Å². The van der Waals surface area contributed by atoms with Crippen molar-refractivity contribution in [3.05, 3.63) is 41.7 Å². The van der Waals surface area contributed by atoms with E-state index in [1.54, 1.807) is 13.0 Å². The third-order valence-corrected chi connectivity index (χ3v) is 1.75. The van der Waals surface area contributed by atoms with E-state index in [2.05, 4.69) is 4.74 Å². The van der Waals surface area contributed by atoms with Crippen molar-refractivity contribution in [3.63, 3.8) is 0 Å². The van der Waals surface area contributed by atoms with Crippen LogP contribution in [0.15, 0.2) is 30.3 Å². The van der Waals surface area contributed by atoms with Crippen molar-refractivity contribution < 1.29 is 18.7 Å². The van der Waals surface area contributed by atoms with E-state index in [0.717, 1.165) is 6.08 Å². The molecule has 84 valence electrons. The van der Waals surface area contributed by atoms with Gasteiger partial charge in [-0.15, -0.1) is 0 Å². The van der Waals surface area contributed by atoms with E-state index in [1.807, 2.05) is 0 Å². The molecule has 0 bridgehead atoms. The van der Waals surface area contributed by atoms with E-state index >= 15 is 0 Å². The fraction of sp³-hybridized carbons (Fsp3) is 0.167. The van der Waals surface area contributed by atoms with Gasteiger partial charge in [-0.1, -0.05) is 18.2 Å². The lowest BCUT2D eigenvalue weighted by Gasteiger charge is -1.96. The average Bonchev–Trinajstić information content (AvgIpc) is 2.26. The highest BCUT2D eigenvalue weighted by atomic mass is 19.1. The van der Waals surface area contributed by atoms with Gasteiger partial charge in [0.15, 0.2) is 0 Å². The fourth-order valence-electron chi connectivity index (χ4n) is 1.05. The van der Waals surface area contributed by atoms with Crippen LogP contribution in [0.1, 0.15) is 12.5 Å². The molecule has 0 radical (unpaired) electrons. The number of hydrogen-bond acceptors (Lipinski definition) is 3. The predicted octanol–water partition coefficient (Wildman–Crippen LogP) is 1.97. The van der Waals surface area contributed by atoms with Crippen molar-refractivity contribution in [2.75, 3.05) is 6.61 Å². The molecule has 0 heterocycles. The number of rotatable bonds is 4. The van der Waals surface area contributed by atoms with Gasteiger partial charge in [-0.25, -0.2) is 9.18 Å². The monoisotopic (exact) mass is 222 g/mol. The van der Waals surface area contributed by atoms with Gasteiger partial charge in [-0.05, 0) is 30.7 Å². The quantitative estimate of drug-likeness (QED) is 0.444. The molecule has 0 aromatic heterocycles. The molecule has 0 fully saturated rings. The lowest BCUT2D eigenvalue weighted by Crippen LogP contribution is -2.14. The van der Waals surface area contributed by atoms with Crippen LogP contribution in [0.4, 0.5) is 4.39 Å². The Morgan fingerprint density at radius 2 is 2.19 bits per heavy atom. The van der Waals surface area contributed by atoms with Gasteiger partial charge in [0.1, 0.15) is 5.82 Å².